The molecule has 2 heterocycles. The Morgan fingerprint density at radius 2 is 1.91 bits per heavy atom. The van der Waals surface area contributed by atoms with E-state index in [0.717, 1.165) is 18.9 Å². The van der Waals surface area contributed by atoms with Crippen LogP contribution in [0.4, 0.5) is 19.0 Å². The number of nitrogens with one attached hydrogen (secondary N) is 1. The van der Waals surface area contributed by atoms with Crippen LogP contribution in [-0.4, -0.2) is 14.8 Å². The molecule has 1 N–H and O–H groups in total. The third-order valence-electron chi connectivity index (χ3n) is 3.94. The number of halogens is 3. The molecule has 2 aromatic heterocycles. The summed E-state index contributed by atoms with van der Waals surface area (Å²) in [7, 11) is 1.51. The van der Waals surface area contributed by atoms with Gasteiger partial charge in [-0.2, -0.15) is 18.3 Å². The zero-order chi connectivity index (χ0) is 15.7. The molecule has 0 saturated carbocycles. The molecular weight excluding hydrogens is 293 g/mol. The summed E-state index contributed by atoms with van der Waals surface area (Å²) >= 11 is 0. The topological polar surface area (TPSA) is 42.7 Å². The molecular formula is C15H17F3N4. The Hall–Kier alpha value is -2.05. The Kier molecular flexibility index (Phi) is 3.80. The number of aromatic nitrogens is 3. The Morgan fingerprint density at radius 1 is 1.18 bits per heavy atom. The highest BCUT2D eigenvalue weighted by molar-refractivity contribution is 5.42. The van der Waals surface area contributed by atoms with Crippen molar-refractivity contribution in [1.29, 1.82) is 0 Å². The fourth-order valence-electron chi connectivity index (χ4n) is 2.70. The third kappa shape index (κ3) is 3.08. The normalized spacial score (nSPS) is 14.7. The first-order valence-electron chi connectivity index (χ1n) is 7.25. The van der Waals surface area contributed by atoms with Crippen LogP contribution in [0.1, 0.15) is 35.4 Å². The fourth-order valence-corrected chi connectivity index (χ4v) is 2.70. The predicted molar refractivity (Wildman–Crippen MR) is 76.4 cm³/mol. The standard InChI is InChI=1S/C15H17F3N4/c1-22-12(7-13(21-22)15(16,17)18)9-20-14-6-10-4-2-3-5-11(10)8-19-14/h6-8H,2-5,9H2,1H3,(H,19,20). The van der Waals surface area contributed by atoms with Crippen LogP contribution < -0.4 is 5.32 Å². The third-order valence-corrected chi connectivity index (χ3v) is 3.94. The lowest BCUT2D eigenvalue weighted by molar-refractivity contribution is -0.141. The molecule has 0 spiro atoms. The molecule has 118 valence electrons. The summed E-state index contributed by atoms with van der Waals surface area (Å²) in [6, 6.07) is 3.06. The number of alkyl halides is 3. The summed E-state index contributed by atoms with van der Waals surface area (Å²) in [6.45, 7) is 0.255. The van der Waals surface area contributed by atoms with E-state index in [1.165, 1.54) is 35.7 Å². The van der Waals surface area contributed by atoms with Crippen LogP contribution in [-0.2, 0) is 32.6 Å². The van der Waals surface area contributed by atoms with Crippen LogP contribution in [0.2, 0.25) is 0 Å². The summed E-state index contributed by atoms with van der Waals surface area (Å²) in [5.74, 6) is 0.690. The van der Waals surface area contributed by atoms with Gasteiger partial charge < -0.3 is 5.32 Å². The molecule has 0 bridgehead atoms. The van der Waals surface area contributed by atoms with Crippen LogP contribution >= 0.6 is 0 Å². The van der Waals surface area contributed by atoms with Crippen molar-refractivity contribution in [2.24, 2.45) is 7.05 Å². The van der Waals surface area contributed by atoms with E-state index in [2.05, 4.69) is 15.4 Å². The number of anilines is 1. The minimum absolute atomic E-state index is 0.255. The van der Waals surface area contributed by atoms with E-state index in [-0.39, 0.29) is 6.54 Å². The Bertz CT molecular complexity index is 676. The Balaban J connectivity index is 1.71. The zero-order valence-electron chi connectivity index (χ0n) is 12.2. The summed E-state index contributed by atoms with van der Waals surface area (Å²) < 4.78 is 39.1. The van der Waals surface area contributed by atoms with E-state index in [1.807, 2.05) is 12.3 Å². The quantitative estimate of drug-likeness (QED) is 0.945. The SMILES string of the molecule is Cn1nc(C(F)(F)F)cc1CNc1cc2c(cn1)CCCC2. The molecule has 0 radical (unpaired) electrons. The van der Waals surface area contributed by atoms with Gasteiger partial charge in [0.1, 0.15) is 5.82 Å². The molecule has 0 unspecified atom stereocenters. The minimum atomic E-state index is -4.42. The molecule has 7 heteroatoms. The lowest BCUT2D eigenvalue weighted by Gasteiger charge is -2.16. The molecule has 0 aromatic carbocycles. The first kappa shape index (κ1) is 14.9. The van der Waals surface area contributed by atoms with Gasteiger partial charge in [0.05, 0.1) is 12.2 Å². The van der Waals surface area contributed by atoms with Crippen molar-refractivity contribution < 1.29 is 13.2 Å². The number of fused-ring (bicyclic) bond motifs is 1. The summed E-state index contributed by atoms with van der Waals surface area (Å²) in [4.78, 5) is 4.33. The number of rotatable bonds is 3. The van der Waals surface area contributed by atoms with Gasteiger partial charge in [0.2, 0.25) is 0 Å². The average Bonchev–Trinajstić information content (AvgIpc) is 2.86. The van der Waals surface area contributed by atoms with E-state index in [0.29, 0.717) is 11.5 Å². The minimum Gasteiger partial charge on any atom is -0.364 e. The molecule has 2 aromatic rings. The summed E-state index contributed by atoms with van der Waals surface area (Å²) in [5, 5.41) is 6.57. The predicted octanol–water partition coefficient (Wildman–Crippen LogP) is 3.32. The van der Waals surface area contributed by atoms with E-state index >= 15 is 0 Å². The van der Waals surface area contributed by atoms with Gasteiger partial charge in [0.15, 0.2) is 5.69 Å². The van der Waals surface area contributed by atoms with Crippen LogP contribution in [0.15, 0.2) is 18.3 Å². The highest BCUT2D eigenvalue weighted by Gasteiger charge is 2.34. The Labute approximate surface area is 126 Å². The molecule has 4 nitrogen and oxygen atoms in total. The van der Waals surface area contributed by atoms with Crippen LogP contribution in [0.3, 0.4) is 0 Å². The van der Waals surface area contributed by atoms with Gasteiger partial charge in [-0.15, -0.1) is 0 Å². The van der Waals surface area contributed by atoms with Gasteiger partial charge in [0, 0.05) is 13.2 Å². The first-order chi connectivity index (χ1) is 10.4. The Morgan fingerprint density at radius 3 is 2.59 bits per heavy atom. The lowest BCUT2D eigenvalue weighted by atomic mass is 9.93. The monoisotopic (exact) mass is 310 g/mol. The fraction of sp³-hybridized carbons (Fsp3) is 0.467. The molecule has 1 aliphatic carbocycles. The van der Waals surface area contributed by atoms with E-state index < -0.39 is 11.9 Å². The second-order valence-electron chi connectivity index (χ2n) is 5.54. The smallest absolute Gasteiger partial charge is 0.364 e. The van der Waals surface area contributed by atoms with Gasteiger partial charge in [0.25, 0.3) is 0 Å². The van der Waals surface area contributed by atoms with Crippen molar-refractivity contribution in [3.63, 3.8) is 0 Å². The molecule has 0 aliphatic heterocycles. The maximum atomic E-state index is 12.6. The number of hydrogen-bond acceptors (Lipinski definition) is 3. The average molecular weight is 310 g/mol. The number of aryl methyl sites for hydroxylation is 3. The van der Waals surface area contributed by atoms with Crippen LogP contribution in [0, 0.1) is 0 Å². The maximum absolute atomic E-state index is 12.6. The number of nitrogens with zero attached hydrogens (tertiary/aromatic N) is 3. The highest BCUT2D eigenvalue weighted by atomic mass is 19.4. The molecule has 0 fully saturated rings. The van der Waals surface area contributed by atoms with Crippen LogP contribution in [0.25, 0.3) is 0 Å². The van der Waals surface area contributed by atoms with Gasteiger partial charge in [-0.1, -0.05) is 0 Å². The van der Waals surface area contributed by atoms with E-state index in [4.69, 9.17) is 0 Å². The van der Waals surface area contributed by atoms with Gasteiger partial charge in [-0.3, -0.25) is 4.68 Å². The van der Waals surface area contributed by atoms with Crippen molar-refractivity contribution in [2.45, 2.75) is 38.4 Å². The number of pyridine rings is 1. The van der Waals surface area contributed by atoms with E-state index in [9.17, 15) is 13.2 Å². The van der Waals surface area contributed by atoms with Crippen molar-refractivity contribution >= 4 is 5.82 Å². The maximum Gasteiger partial charge on any atom is 0.435 e. The first-order valence-corrected chi connectivity index (χ1v) is 7.25. The zero-order valence-corrected chi connectivity index (χ0v) is 12.2. The summed E-state index contributed by atoms with van der Waals surface area (Å²) in [6.07, 6.45) is 1.90. The molecule has 22 heavy (non-hydrogen) atoms. The van der Waals surface area contributed by atoms with Crippen molar-refractivity contribution in [3.05, 3.63) is 40.8 Å². The van der Waals surface area contributed by atoms with Crippen LogP contribution in [0.5, 0.6) is 0 Å². The number of hydrogen-bond donors (Lipinski definition) is 1. The molecule has 0 amide bonds. The second-order valence-corrected chi connectivity index (χ2v) is 5.54. The lowest BCUT2D eigenvalue weighted by Crippen LogP contribution is -2.09. The van der Waals surface area contributed by atoms with Gasteiger partial charge in [-0.25, -0.2) is 4.98 Å². The largest absolute Gasteiger partial charge is 0.435 e. The van der Waals surface area contributed by atoms with Gasteiger partial charge >= 0.3 is 6.18 Å². The highest BCUT2D eigenvalue weighted by Crippen LogP contribution is 2.28. The second kappa shape index (κ2) is 5.62. The molecule has 1 aliphatic rings. The van der Waals surface area contributed by atoms with E-state index in [1.54, 1.807) is 0 Å². The van der Waals surface area contributed by atoms with Crippen molar-refractivity contribution in [2.75, 3.05) is 5.32 Å². The molecule has 3 rings (SSSR count). The van der Waals surface area contributed by atoms with Crippen molar-refractivity contribution in [3.8, 4) is 0 Å². The molecule has 0 atom stereocenters. The summed E-state index contributed by atoms with van der Waals surface area (Å²) in [5.41, 5.74) is 2.15. The molecule has 0 saturated heterocycles. The van der Waals surface area contributed by atoms with Gasteiger partial charge in [-0.05, 0) is 48.9 Å². The van der Waals surface area contributed by atoms with Crippen molar-refractivity contribution in [1.82, 2.24) is 14.8 Å².